The van der Waals surface area contributed by atoms with Crippen LogP contribution in [-0.4, -0.2) is 40.5 Å². The molecule has 3 rings (SSSR count). The van der Waals surface area contributed by atoms with Crippen molar-refractivity contribution < 1.29 is 28.0 Å². The number of ketones is 2. The number of Topliss-reactive ketones (excluding diaryl/α,β-unsaturated/α-hetero) is 1. The molecule has 2 aromatic heterocycles. The summed E-state index contributed by atoms with van der Waals surface area (Å²) in [5, 5.41) is 0. The van der Waals surface area contributed by atoms with Crippen molar-refractivity contribution in [3.63, 3.8) is 0 Å². The fraction of sp³-hybridized carbons (Fsp3) is 0.321. The summed E-state index contributed by atoms with van der Waals surface area (Å²) in [5.74, 6) is 1.65. The van der Waals surface area contributed by atoms with Gasteiger partial charge in [-0.25, -0.2) is 4.79 Å². The van der Waals surface area contributed by atoms with Crippen molar-refractivity contribution in [3.05, 3.63) is 85.8 Å². The van der Waals surface area contributed by atoms with Gasteiger partial charge in [0.25, 0.3) is 5.78 Å². The quantitative estimate of drug-likeness (QED) is 0.124. The highest BCUT2D eigenvalue weighted by molar-refractivity contribution is 8.22. The lowest BCUT2D eigenvalue weighted by molar-refractivity contribution is -0.145. The first kappa shape index (κ1) is 30.3. The highest BCUT2D eigenvalue weighted by Crippen LogP contribution is 2.43. The van der Waals surface area contributed by atoms with Gasteiger partial charge in [0.1, 0.15) is 17.3 Å². The van der Waals surface area contributed by atoms with Crippen LogP contribution in [0.1, 0.15) is 45.1 Å². The third-order valence-corrected chi connectivity index (χ3v) is 9.54. The Balaban J connectivity index is 2.24. The molecule has 6 nitrogen and oxygen atoms in total. The van der Waals surface area contributed by atoms with Crippen LogP contribution in [0.4, 0.5) is 0 Å². The van der Waals surface area contributed by atoms with E-state index in [1.165, 1.54) is 35.9 Å². The lowest BCUT2D eigenvalue weighted by Gasteiger charge is -2.19. The largest absolute Gasteiger partial charge is 0.468 e. The summed E-state index contributed by atoms with van der Waals surface area (Å²) in [5.41, 5.74) is 0.729. The van der Waals surface area contributed by atoms with Crippen LogP contribution >= 0.6 is 47.0 Å². The Morgan fingerprint density at radius 2 is 1.53 bits per heavy atom. The van der Waals surface area contributed by atoms with Gasteiger partial charge in [-0.05, 0) is 65.5 Å². The van der Waals surface area contributed by atoms with Crippen LogP contribution in [0, 0.1) is 0 Å². The molecule has 38 heavy (non-hydrogen) atoms. The zero-order chi connectivity index (χ0) is 27.5. The van der Waals surface area contributed by atoms with Crippen LogP contribution in [0.25, 0.3) is 6.08 Å². The summed E-state index contributed by atoms with van der Waals surface area (Å²) >= 11 is 6.12. The van der Waals surface area contributed by atoms with Gasteiger partial charge in [-0.2, -0.15) is 0 Å². The van der Waals surface area contributed by atoms with Crippen molar-refractivity contribution in [1.29, 1.82) is 0 Å². The molecular formula is C28H30O6S4. The third kappa shape index (κ3) is 7.65. The van der Waals surface area contributed by atoms with Crippen molar-refractivity contribution in [1.82, 2.24) is 0 Å². The number of ether oxygens (including phenoxy) is 1. The molecule has 202 valence electrons. The zero-order valence-corrected chi connectivity index (χ0v) is 25.0. The molecule has 0 saturated carbocycles. The molecule has 1 saturated heterocycles. The number of carbonyl (C=O) groups excluding carboxylic acids is 3. The molecule has 2 aromatic rings. The van der Waals surface area contributed by atoms with E-state index in [9.17, 15) is 14.4 Å². The summed E-state index contributed by atoms with van der Waals surface area (Å²) in [6.07, 6.45) is 7.85. The van der Waals surface area contributed by atoms with Gasteiger partial charge in [0.15, 0.2) is 5.78 Å². The molecule has 0 N–H and O–H groups in total. The van der Waals surface area contributed by atoms with E-state index in [4.69, 9.17) is 13.6 Å². The fourth-order valence-electron chi connectivity index (χ4n) is 3.57. The first-order valence-electron chi connectivity index (χ1n) is 12.2. The van der Waals surface area contributed by atoms with Crippen molar-refractivity contribution in [2.45, 2.75) is 33.6 Å². The van der Waals surface area contributed by atoms with Gasteiger partial charge in [0.05, 0.1) is 28.3 Å². The van der Waals surface area contributed by atoms with Crippen molar-refractivity contribution in [2.75, 3.05) is 23.0 Å². The van der Waals surface area contributed by atoms with Crippen molar-refractivity contribution in [2.24, 2.45) is 0 Å². The summed E-state index contributed by atoms with van der Waals surface area (Å²) < 4.78 is 18.2. The van der Waals surface area contributed by atoms with E-state index >= 15 is 0 Å². The average Bonchev–Trinajstić information content (AvgIpc) is 3.66. The summed E-state index contributed by atoms with van der Waals surface area (Å²) in [7, 11) is 0. The normalized spacial score (nSPS) is 15.4. The number of allylic oxidation sites excluding steroid dienone is 4. The summed E-state index contributed by atoms with van der Waals surface area (Å²) in [4.78, 5) is 39.2. The molecule has 3 heterocycles. The number of hydrogen-bond donors (Lipinski definition) is 0. The van der Waals surface area contributed by atoms with Gasteiger partial charge < -0.3 is 13.6 Å². The van der Waals surface area contributed by atoms with Gasteiger partial charge in [0.2, 0.25) is 0 Å². The number of esters is 1. The van der Waals surface area contributed by atoms with E-state index < -0.39 is 17.7 Å². The van der Waals surface area contributed by atoms with E-state index in [0.717, 1.165) is 31.5 Å². The van der Waals surface area contributed by atoms with E-state index in [2.05, 4.69) is 0 Å². The van der Waals surface area contributed by atoms with Crippen LogP contribution in [0.3, 0.4) is 0 Å². The molecule has 0 aliphatic carbocycles. The lowest BCUT2D eigenvalue weighted by atomic mass is 9.92. The number of carbonyl (C=O) groups is 3. The minimum Gasteiger partial charge on any atom is -0.468 e. The molecule has 10 heteroatoms. The predicted octanol–water partition coefficient (Wildman–Crippen LogP) is 7.68. The van der Waals surface area contributed by atoms with Crippen LogP contribution in [0.15, 0.2) is 83.2 Å². The number of furan rings is 2. The minimum absolute atomic E-state index is 0.154. The standard InChI is InChI=1S/C28H30O6S4/c1-5-35-27(36-6-2)23(20(29)14-13-18-11-9-15-32-18)19(21-12-10-16-33-21)17-22-24(25(30)26(31)34-22)28(37-7-3)38-8-4/h9-17,19H,5-8H2,1-4H3/b14-13+,22-17-. The Hall–Kier alpha value is -2.27. The Kier molecular flexibility index (Phi) is 12.2. The molecular weight excluding hydrogens is 561 g/mol. The molecule has 0 radical (unpaired) electrons. The highest BCUT2D eigenvalue weighted by atomic mass is 32.2. The molecule has 1 fully saturated rings. The van der Waals surface area contributed by atoms with Gasteiger partial charge in [-0.1, -0.05) is 27.7 Å². The smallest absolute Gasteiger partial charge is 0.385 e. The number of hydrogen-bond acceptors (Lipinski definition) is 10. The maximum atomic E-state index is 13.8. The Labute approximate surface area is 240 Å². The van der Waals surface area contributed by atoms with Gasteiger partial charge >= 0.3 is 5.97 Å². The number of cyclic esters (lactones) is 1. The van der Waals surface area contributed by atoms with Crippen molar-refractivity contribution in [3.8, 4) is 0 Å². The average molecular weight is 591 g/mol. The molecule has 0 aromatic carbocycles. The fourth-order valence-corrected chi connectivity index (χ4v) is 8.14. The van der Waals surface area contributed by atoms with E-state index in [1.54, 1.807) is 66.2 Å². The van der Waals surface area contributed by atoms with Crippen LogP contribution < -0.4 is 0 Å². The maximum absolute atomic E-state index is 13.8. The highest BCUT2D eigenvalue weighted by Gasteiger charge is 2.39. The van der Waals surface area contributed by atoms with Crippen LogP contribution in [0.5, 0.6) is 0 Å². The number of thioether (sulfide) groups is 4. The first-order chi connectivity index (χ1) is 18.4. The summed E-state index contributed by atoms with van der Waals surface area (Å²) in [6, 6.07) is 7.04. The Morgan fingerprint density at radius 3 is 2.08 bits per heavy atom. The zero-order valence-electron chi connectivity index (χ0n) is 21.7. The molecule has 1 aliphatic rings. The van der Waals surface area contributed by atoms with E-state index in [1.807, 2.05) is 27.7 Å². The minimum atomic E-state index is -0.920. The topological polar surface area (TPSA) is 86.7 Å². The predicted molar refractivity (Wildman–Crippen MR) is 160 cm³/mol. The molecule has 1 unspecified atom stereocenters. The molecule has 1 atom stereocenters. The second kappa shape index (κ2) is 15.4. The van der Waals surface area contributed by atoms with Gasteiger partial charge in [-0.3, -0.25) is 9.59 Å². The van der Waals surface area contributed by atoms with E-state index in [-0.39, 0.29) is 17.1 Å². The van der Waals surface area contributed by atoms with Crippen LogP contribution in [0.2, 0.25) is 0 Å². The molecule has 1 aliphatic heterocycles. The summed E-state index contributed by atoms with van der Waals surface area (Å²) in [6.45, 7) is 8.02. The van der Waals surface area contributed by atoms with Gasteiger partial charge in [-0.15, -0.1) is 47.0 Å². The maximum Gasteiger partial charge on any atom is 0.385 e. The SMILES string of the molecule is CCSC(SCC)=C1C(=O)C(=O)O/C1=C\C(C(C(=O)/C=C/c1ccco1)=C(SCC)SCC)c1ccco1. The molecule has 0 bridgehead atoms. The Morgan fingerprint density at radius 1 is 0.895 bits per heavy atom. The first-order valence-corrected chi connectivity index (χ1v) is 16.2. The molecule has 0 amide bonds. The van der Waals surface area contributed by atoms with Gasteiger partial charge in [0, 0.05) is 9.81 Å². The monoisotopic (exact) mass is 590 g/mol. The lowest BCUT2D eigenvalue weighted by Crippen LogP contribution is -2.11. The second-order valence-electron chi connectivity index (χ2n) is 7.55. The Bertz CT molecular complexity index is 1220. The number of rotatable bonds is 14. The second-order valence-corrected chi connectivity index (χ2v) is 13.2. The van der Waals surface area contributed by atoms with Crippen molar-refractivity contribution >= 4 is 70.7 Å². The molecule has 0 spiro atoms. The third-order valence-electron chi connectivity index (χ3n) is 5.07. The van der Waals surface area contributed by atoms with Crippen LogP contribution in [-0.2, 0) is 19.1 Å². The van der Waals surface area contributed by atoms with E-state index in [0.29, 0.717) is 17.1 Å².